The van der Waals surface area contributed by atoms with Crippen LogP contribution in [0.3, 0.4) is 0 Å². The van der Waals surface area contributed by atoms with Crippen LogP contribution in [0, 0.1) is 13.8 Å². The van der Waals surface area contributed by atoms with E-state index in [1.54, 1.807) is 24.7 Å². The molecule has 0 bridgehead atoms. The number of amides is 1. The fourth-order valence-electron chi connectivity index (χ4n) is 3.62. The van der Waals surface area contributed by atoms with Crippen LogP contribution in [0.15, 0.2) is 77.2 Å². The standard InChI is InChI=1S/C25H26N6O2S/c1-5-15-30-23(19-13-11-17(2)12-14-19)27-28-25(30)34-16-21(32)26-22-18(3)29(4)31(24(22)33)20-9-7-6-8-10-20/h5-14H,1,15-16H2,2-4H3,(H,26,32). The zero-order valence-electron chi connectivity index (χ0n) is 19.4. The first kappa shape index (κ1) is 23.3. The average Bonchev–Trinajstić information content (AvgIpc) is 3.33. The Morgan fingerprint density at radius 3 is 2.47 bits per heavy atom. The van der Waals surface area contributed by atoms with Crippen LogP contribution in [-0.2, 0) is 18.4 Å². The first-order chi connectivity index (χ1) is 16.4. The van der Waals surface area contributed by atoms with Crippen molar-refractivity contribution in [2.24, 2.45) is 7.05 Å². The molecule has 4 aromatic rings. The third-order valence-electron chi connectivity index (χ3n) is 5.49. The second-order valence-corrected chi connectivity index (χ2v) is 8.79. The minimum atomic E-state index is -0.291. The van der Waals surface area contributed by atoms with Gasteiger partial charge in [-0.15, -0.1) is 16.8 Å². The van der Waals surface area contributed by atoms with E-state index >= 15 is 0 Å². The Labute approximate surface area is 201 Å². The van der Waals surface area contributed by atoms with E-state index in [1.165, 1.54) is 16.4 Å². The highest BCUT2D eigenvalue weighted by atomic mass is 32.2. The van der Waals surface area contributed by atoms with Crippen molar-refractivity contribution in [2.75, 3.05) is 11.1 Å². The van der Waals surface area contributed by atoms with Crippen molar-refractivity contribution in [3.8, 4) is 17.1 Å². The lowest BCUT2D eigenvalue weighted by atomic mass is 10.1. The monoisotopic (exact) mass is 474 g/mol. The summed E-state index contributed by atoms with van der Waals surface area (Å²) in [6.45, 7) is 8.17. The molecule has 2 heterocycles. The molecule has 0 radical (unpaired) electrons. The molecule has 0 fully saturated rings. The number of allylic oxidation sites excluding steroid dienone is 1. The molecule has 1 N–H and O–H groups in total. The molecule has 1 amide bonds. The van der Waals surface area contributed by atoms with Crippen molar-refractivity contribution in [1.82, 2.24) is 24.1 Å². The molecule has 34 heavy (non-hydrogen) atoms. The zero-order valence-corrected chi connectivity index (χ0v) is 20.2. The van der Waals surface area contributed by atoms with E-state index in [1.807, 2.05) is 66.1 Å². The molecule has 9 heteroatoms. The normalized spacial score (nSPS) is 10.9. The average molecular weight is 475 g/mol. The fraction of sp³-hybridized carbons (Fsp3) is 0.200. The van der Waals surface area contributed by atoms with Gasteiger partial charge in [0, 0.05) is 19.2 Å². The number of para-hydroxylation sites is 1. The van der Waals surface area contributed by atoms with Crippen LogP contribution in [0.5, 0.6) is 0 Å². The number of hydrogen-bond acceptors (Lipinski definition) is 5. The minimum Gasteiger partial charge on any atom is -0.319 e. The van der Waals surface area contributed by atoms with Crippen LogP contribution in [0.4, 0.5) is 5.69 Å². The van der Waals surface area contributed by atoms with E-state index in [0.717, 1.165) is 16.8 Å². The summed E-state index contributed by atoms with van der Waals surface area (Å²) in [6.07, 6.45) is 1.77. The maximum absolute atomic E-state index is 13.0. The topological polar surface area (TPSA) is 86.7 Å². The molecule has 8 nitrogen and oxygen atoms in total. The number of aromatic nitrogens is 5. The van der Waals surface area contributed by atoms with E-state index < -0.39 is 0 Å². The molecular weight excluding hydrogens is 448 g/mol. The fourth-order valence-corrected chi connectivity index (χ4v) is 4.37. The van der Waals surface area contributed by atoms with Gasteiger partial charge in [0.1, 0.15) is 5.69 Å². The van der Waals surface area contributed by atoms with Gasteiger partial charge < -0.3 is 5.32 Å². The summed E-state index contributed by atoms with van der Waals surface area (Å²) in [5, 5.41) is 12.0. The molecule has 4 rings (SSSR count). The van der Waals surface area contributed by atoms with Gasteiger partial charge in [0.25, 0.3) is 5.56 Å². The summed E-state index contributed by atoms with van der Waals surface area (Å²) in [5.41, 5.74) is 3.49. The number of carbonyl (C=O) groups excluding carboxylic acids is 1. The molecule has 0 aliphatic carbocycles. The quantitative estimate of drug-likeness (QED) is 0.308. The number of carbonyl (C=O) groups is 1. The molecule has 0 spiro atoms. The number of hydrogen-bond donors (Lipinski definition) is 1. The first-order valence-electron chi connectivity index (χ1n) is 10.8. The summed E-state index contributed by atoms with van der Waals surface area (Å²) in [6, 6.07) is 17.3. The first-order valence-corrected chi connectivity index (χ1v) is 11.8. The van der Waals surface area contributed by atoms with Gasteiger partial charge in [-0.2, -0.15) is 0 Å². The van der Waals surface area contributed by atoms with Gasteiger partial charge in [-0.05, 0) is 26.0 Å². The van der Waals surface area contributed by atoms with Gasteiger partial charge in [0.15, 0.2) is 11.0 Å². The number of rotatable bonds is 8. The van der Waals surface area contributed by atoms with Crippen LogP contribution in [0.25, 0.3) is 17.1 Å². The number of thioether (sulfide) groups is 1. The molecule has 0 saturated carbocycles. The van der Waals surface area contributed by atoms with Crippen LogP contribution in [0.2, 0.25) is 0 Å². The van der Waals surface area contributed by atoms with Crippen molar-refractivity contribution >= 4 is 23.4 Å². The molecule has 174 valence electrons. The Kier molecular flexibility index (Phi) is 6.83. The second kappa shape index (κ2) is 9.96. The Hall–Kier alpha value is -3.85. The van der Waals surface area contributed by atoms with Gasteiger partial charge in [0.2, 0.25) is 5.91 Å². The van der Waals surface area contributed by atoms with Crippen molar-refractivity contribution in [1.29, 1.82) is 0 Å². The summed E-state index contributed by atoms with van der Waals surface area (Å²) >= 11 is 1.27. The Morgan fingerprint density at radius 2 is 1.79 bits per heavy atom. The van der Waals surface area contributed by atoms with Crippen molar-refractivity contribution in [2.45, 2.75) is 25.5 Å². The molecule has 0 atom stereocenters. The maximum atomic E-state index is 13.0. The lowest BCUT2D eigenvalue weighted by Gasteiger charge is -2.08. The minimum absolute atomic E-state index is 0.0856. The van der Waals surface area contributed by atoms with E-state index in [0.29, 0.717) is 23.2 Å². The SMILES string of the molecule is C=CCn1c(SCC(=O)Nc2c(C)n(C)n(-c3ccccc3)c2=O)nnc1-c1ccc(C)cc1. The van der Waals surface area contributed by atoms with Gasteiger partial charge in [-0.3, -0.25) is 18.8 Å². The number of anilines is 1. The van der Waals surface area contributed by atoms with Crippen LogP contribution >= 0.6 is 11.8 Å². The van der Waals surface area contributed by atoms with Crippen molar-refractivity contribution in [3.05, 3.63) is 88.9 Å². The molecule has 2 aromatic heterocycles. The molecule has 0 aliphatic heterocycles. The molecule has 0 saturated heterocycles. The smallest absolute Gasteiger partial charge is 0.295 e. The van der Waals surface area contributed by atoms with Gasteiger partial charge in [-0.25, -0.2) is 4.68 Å². The second-order valence-electron chi connectivity index (χ2n) is 7.84. The number of nitrogens with zero attached hydrogens (tertiary/aromatic N) is 5. The van der Waals surface area contributed by atoms with Crippen molar-refractivity contribution < 1.29 is 4.79 Å². The van der Waals surface area contributed by atoms with Crippen LogP contribution in [0.1, 0.15) is 11.3 Å². The number of benzene rings is 2. The Balaban J connectivity index is 1.52. The van der Waals surface area contributed by atoms with Gasteiger partial charge in [0.05, 0.1) is 17.1 Å². The largest absolute Gasteiger partial charge is 0.319 e. The summed E-state index contributed by atoms with van der Waals surface area (Å²) in [5.74, 6) is 0.510. The highest BCUT2D eigenvalue weighted by Gasteiger charge is 2.19. The lowest BCUT2D eigenvalue weighted by molar-refractivity contribution is -0.113. The number of nitrogens with one attached hydrogen (secondary N) is 1. The molecular formula is C25H26N6O2S. The van der Waals surface area contributed by atoms with Crippen LogP contribution in [-0.4, -0.2) is 35.8 Å². The van der Waals surface area contributed by atoms with E-state index in [4.69, 9.17) is 0 Å². The maximum Gasteiger partial charge on any atom is 0.295 e. The summed E-state index contributed by atoms with van der Waals surface area (Å²) in [7, 11) is 1.79. The molecule has 0 aliphatic rings. The highest BCUT2D eigenvalue weighted by molar-refractivity contribution is 7.99. The summed E-state index contributed by atoms with van der Waals surface area (Å²) in [4.78, 5) is 25.8. The third kappa shape index (κ3) is 4.60. The molecule has 2 aromatic carbocycles. The predicted molar refractivity (Wildman–Crippen MR) is 135 cm³/mol. The van der Waals surface area contributed by atoms with E-state index in [2.05, 4.69) is 22.1 Å². The van der Waals surface area contributed by atoms with E-state index in [9.17, 15) is 9.59 Å². The van der Waals surface area contributed by atoms with E-state index in [-0.39, 0.29) is 22.9 Å². The predicted octanol–water partition coefficient (Wildman–Crippen LogP) is 3.97. The number of aryl methyl sites for hydroxylation is 1. The van der Waals surface area contributed by atoms with Gasteiger partial charge >= 0.3 is 0 Å². The molecule has 0 unspecified atom stereocenters. The summed E-state index contributed by atoms with van der Waals surface area (Å²) < 4.78 is 5.19. The highest BCUT2D eigenvalue weighted by Crippen LogP contribution is 2.25. The van der Waals surface area contributed by atoms with Gasteiger partial charge in [-0.1, -0.05) is 65.9 Å². The van der Waals surface area contributed by atoms with Crippen molar-refractivity contribution in [3.63, 3.8) is 0 Å². The lowest BCUT2D eigenvalue weighted by Crippen LogP contribution is -2.23. The Morgan fingerprint density at radius 1 is 1.09 bits per heavy atom. The van der Waals surface area contributed by atoms with Crippen LogP contribution < -0.4 is 10.9 Å². The Bertz CT molecular complexity index is 1380. The third-order valence-corrected chi connectivity index (χ3v) is 6.46. The zero-order chi connectivity index (χ0) is 24.2.